The maximum Gasteiger partial charge on any atom is 0.336 e. The molecule has 9 heteroatoms. The van der Waals surface area contributed by atoms with Gasteiger partial charge in [0.2, 0.25) is 0 Å². The van der Waals surface area contributed by atoms with Crippen LogP contribution in [-0.4, -0.2) is 29.0 Å². The van der Waals surface area contributed by atoms with E-state index in [1.165, 1.54) is 12.1 Å². The Labute approximate surface area is 148 Å². The van der Waals surface area contributed by atoms with E-state index in [2.05, 4.69) is 10.5 Å². The monoisotopic (exact) mass is 371 g/mol. The van der Waals surface area contributed by atoms with Crippen LogP contribution in [0.3, 0.4) is 0 Å². The van der Waals surface area contributed by atoms with E-state index in [1.807, 2.05) is 20.8 Å². The van der Waals surface area contributed by atoms with Crippen molar-refractivity contribution in [3.05, 3.63) is 34.4 Å². The molecule has 1 aromatic carbocycles. The highest BCUT2D eigenvalue weighted by Crippen LogP contribution is 2.61. The van der Waals surface area contributed by atoms with Crippen LogP contribution in [0.2, 0.25) is 0 Å². The summed E-state index contributed by atoms with van der Waals surface area (Å²) in [4.78, 5) is 10.2. The topological polar surface area (TPSA) is 103 Å². The highest BCUT2D eigenvalue weighted by molar-refractivity contribution is 7.55. The number of hydrogen-bond donors (Lipinski definition) is 1. The molecule has 0 saturated heterocycles. The lowest BCUT2D eigenvalue weighted by Crippen LogP contribution is -2.26. The summed E-state index contributed by atoms with van der Waals surface area (Å²) in [7, 11) is -3.27. The molecule has 0 atom stereocenters. The molecule has 1 rings (SSSR count). The standard InChI is InChI=1S/C16H26N3O5P/c1-6-23-25(22,24-7-2)16(4,5)12-13(3)17-18-14-8-10-15(11-9-14)19(20)21/h8-11,18H,6-7,12H2,1-5H3. The van der Waals surface area contributed by atoms with E-state index in [0.717, 1.165) is 0 Å². The van der Waals surface area contributed by atoms with Crippen LogP contribution in [-0.2, 0) is 13.6 Å². The Balaban J connectivity index is 2.81. The first-order valence-corrected chi connectivity index (χ1v) is 9.62. The highest BCUT2D eigenvalue weighted by Gasteiger charge is 2.43. The molecule has 0 aromatic heterocycles. The molecule has 25 heavy (non-hydrogen) atoms. The van der Waals surface area contributed by atoms with Gasteiger partial charge in [-0.3, -0.25) is 20.1 Å². The van der Waals surface area contributed by atoms with E-state index in [-0.39, 0.29) is 5.69 Å². The van der Waals surface area contributed by atoms with Crippen LogP contribution in [0.5, 0.6) is 0 Å². The van der Waals surface area contributed by atoms with Gasteiger partial charge in [-0.05, 0) is 46.8 Å². The summed E-state index contributed by atoms with van der Waals surface area (Å²) in [6, 6.07) is 5.95. The van der Waals surface area contributed by atoms with Gasteiger partial charge in [0.15, 0.2) is 0 Å². The zero-order valence-corrected chi connectivity index (χ0v) is 16.2. The van der Waals surface area contributed by atoms with Crippen molar-refractivity contribution in [2.75, 3.05) is 18.6 Å². The second-order valence-electron chi connectivity index (χ2n) is 6.09. The van der Waals surface area contributed by atoms with Gasteiger partial charge >= 0.3 is 7.60 Å². The van der Waals surface area contributed by atoms with E-state index >= 15 is 0 Å². The number of hydrogen-bond acceptors (Lipinski definition) is 7. The minimum atomic E-state index is -3.27. The predicted octanol–water partition coefficient (Wildman–Crippen LogP) is 4.82. The molecule has 140 valence electrons. The van der Waals surface area contributed by atoms with Gasteiger partial charge in [0.05, 0.1) is 29.0 Å². The van der Waals surface area contributed by atoms with Crippen LogP contribution in [0.1, 0.15) is 41.0 Å². The second-order valence-corrected chi connectivity index (χ2v) is 8.81. The Morgan fingerprint density at radius 1 is 1.24 bits per heavy atom. The molecule has 8 nitrogen and oxygen atoms in total. The maximum atomic E-state index is 13.0. The van der Waals surface area contributed by atoms with E-state index in [0.29, 0.717) is 31.0 Å². The lowest BCUT2D eigenvalue weighted by atomic mass is 10.1. The molecule has 0 unspecified atom stereocenters. The smallest absolute Gasteiger partial charge is 0.308 e. The molecule has 0 bridgehead atoms. The second kappa shape index (κ2) is 9.08. The molecule has 1 N–H and O–H groups in total. The minimum Gasteiger partial charge on any atom is -0.308 e. The Bertz CT molecular complexity index is 648. The number of nitrogens with one attached hydrogen (secondary N) is 1. The summed E-state index contributed by atoms with van der Waals surface area (Å²) >= 11 is 0. The molecule has 0 heterocycles. The van der Waals surface area contributed by atoms with Gasteiger partial charge in [-0.2, -0.15) is 5.10 Å². The summed E-state index contributed by atoms with van der Waals surface area (Å²) in [5, 5.41) is 14.2. The molecule has 0 fully saturated rings. The molecular formula is C16H26N3O5P. The Hall–Kier alpha value is -1.76. The SMILES string of the molecule is CCOP(=O)(OCC)C(C)(C)CC(C)=NNc1ccc([N+](=O)[O-])cc1. The van der Waals surface area contributed by atoms with Gasteiger partial charge in [-0.15, -0.1) is 0 Å². The van der Waals surface area contributed by atoms with Crippen molar-refractivity contribution in [2.45, 2.75) is 46.2 Å². The number of rotatable bonds is 10. The van der Waals surface area contributed by atoms with Crippen LogP contribution in [0.15, 0.2) is 29.4 Å². The lowest BCUT2D eigenvalue weighted by molar-refractivity contribution is -0.384. The number of nitro benzene ring substituents is 1. The van der Waals surface area contributed by atoms with Gasteiger partial charge < -0.3 is 9.05 Å². The lowest BCUT2D eigenvalue weighted by Gasteiger charge is -2.32. The van der Waals surface area contributed by atoms with Crippen molar-refractivity contribution >= 4 is 24.7 Å². The maximum absolute atomic E-state index is 13.0. The summed E-state index contributed by atoms with van der Waals surface area (Å²) in [5.74, 6) is 0. The number of non-ortho nitro benzene ring substituents is 1. The predicted molar refractivity (Wildman–Crippen MR) is 99.4 cm³/mol. The van der Waals surface area contributed by atoms with Gasteiger partial charge in [0.25, 0.3) is 5.69 Å². The van der Waals surface area contributed by atoms with Crippen molar-refractivity contribution < 1.29 is 18.5 Å². The van der Waals surface area contributed by atoms with Crippen molar-refractivity contribution in [3.63, 3.8) is 0 Å². The highest BCUT2D eigenvalue weighted by atomic mass is 31.2. The number of nitrogens with zero attached hydrogens (tertiary/aromatic N) is 2. The molecule has 0 aliphatic rings. The van der Waals surface area contributed by atoms with E-state index in [9.17, 15) is 14.7 Å². The molecular weight excluding hydrogens is 345 g/mol. The Morgan fingerprint density at radius 3 is 2.20 bits per heavy atom. The number of benzene rings is 1. The fourth-order valence-corrected chi connectivity index (χ4v) is 4.18. The van der Waals surface area contributed by atoms with Crippen LogP contribution in [0.25, 0.3) is 0 Å². The van der Waals surface area contributed by atoms with E-state index in [4.69, 9.17) is 9.05 Å². The summed E-state index contributed by atoms with van der Waals surface area (Å²) in [5.41, 5.74) is 4.19. The van der Waals surface area contributed by atoms with Gasteiger partial charge in [-0.25, -0.2) is 0 Å². The first kappa shape index (κ1) is 21.3. The molecule has 1 aromatic rings. The third-order valence-electron chi connectivity index (χ3n) is 3.48. The average molecular weight is 371 g/mol. The van der Waals surface area contributed by atoms with Crippen LogP contribution in [0, 0.1) is 10.1 Å². The minimum absolute atomic E-state index is 0.0155. The molecule has 0 amide bonds. The van der Waals surface area contributed by atoms with Crippen LogP contribution < -0.4 is 5.43 Å². The largest absolute Gasteiger partial charge is 0.336 e. The summed E-state index contributed by atoms with van der Waals surface area (Å²) in [6.45, 7) is 9.62. The van der Waals surface area contributed by atoms with Gasteiger partial charge in [0, 0.05) is 24.3 Å². The number of hydrazone groups is 1. The first-order chi connectivity index (χ1) is 11.6. The normalized spacial score (nSPS) is 12.9. The molecule has 0 radical (unpaired) electrons. The number of nitro groups is 1. The number of anilines is 1. The molecule has 0 aliphatic heterocycles. The quantitative estimate of drug-likeness (QED) is 0.274. The Kier molecular flexibility index (Phi) is 7.73. The van der Waals surface area contributed by atoms with E-state index < -0.39 is 17.7 Å². The van der Waals surface area contributed by atoms with Crippen LogP contribution in [0.4, 0.5) is 11.4 Å². The van der Waals surface area contributed by atoms with Crippen molar-refractivity contribution in [2.24, 2.45) is 5.10 Å². The third-order valence-corrected chi connectivity index (χ3v) is 6.32. The van der Waals surface area contributed by atoms with Gasteiger partial charge in [0.1, 0.15) is 0 Å². The molecule has 0 spiro atoms. The molecule has 0 aliphatic carbocycles. The van der Waals surface area contributed by atoms with Crippen molar-refractivity contribution in [1.82, 2.24) is 0 Å². The fraction of sp³-hybridized carbons (Fsp3) is 0.562. The van der Waals surface area contributed by atoms with E-state index in [1.54, 1.807) is 26.0 Å². The van der Waals surface area contributed by atoms with Gasteiger partial charge in [-0.1, -0.05) is 0 Å². The van der Waals surface area contributed by atoms with Crippen molar-refractivity contribution in [3.8, 4) is 0 Å². The zero-order valence-electron chi connectivity index (χ0n) is 15.3. The first-order valence-electron chi connectivity index (χ1n) is 8.08. The third kappa shape index (κ3) is 5.92. The summed E-state index contributed by atoms with van der Waals surface area (Å²) in [6.07, 6.45) is 0.407. The summed E-state index contributed by atoms with van der Waals surface area (Å²) < 4.78 is 23.8. The van der Waals surface area contributed by atoms with Crippen LogP contribution >= 0.6 is 7.60 Å². The van der Waals surface area contributed by atoms with Crippen molar-refractivity contribution in [1.29, 1.82) is 0 Å². The molecule has 0 saturated carbocycles. The average Bonchev–Trinajstić information content (AvgIpc) is 2.53. The Morgan fingerprint density at radius 2 is 1.76 bits per heavy atom. The zero-order chi connectivity index (χ0) is 19.1. The fourth-order valence-electron chi connectivity index (χ4n) is 2.31.